The van der Waals surface area contributed by atoms with Gasteiger partial charge < -0.3 is 4.74 Å². The van der Waals surface area contributed by atoms with Gasteiger partial charge in [0.05, 0.1) is 34.0 Å². The molecule has 9 heteroatoms. The Balaban J connectivity index is 2.15. The number of halogens is 2. The number of non-ortho nitro benzene ring substituents is 1. The molecule has 0 aliphatic rings. The third-order valence-corrected chi connectivity index (χ3v) is 4.39. The molecule has 27 heavy (non-hydrogen) atoms. The van der Waals surface area contributed by atoms with Gasteiger partial charge in [-0.2, -0.15) is 5.10 Å². The van der Waals surface area contributed by atoms with Gasteiger partial charge in [-0.25, -0.2) is 4.79 Å². The fraction of sp³-hybridized carbons (Fsp3) is 0.111. The van der Waals surface area contributed by atoms with Crippen LogP contribution in [-0.4, -0.2) is 27.7 Å². The summed E-state index contributed by atoms with van der Waals surface area (Å²) in [5, 5.41) is 18.4. The number of esters is 1. The molecule has 0 atom stereocenters. The summed E-state index contributed by atoms with van der Waals surface area (Å²) in [5.41, 5.74) is 2.27. The van der Waals surface area contributed by atoms with Crippen molar-refractivity contribution >= 4 is 34.9 Å². The first-order valence-electron chi connectivity index (χ1n) is 7.87. The van der Waals surface area contributed by atoms with Crippen LogP contribution >= 0.6 is 23.2 Å². The molecule has 0 amide bonds. The van der Waals surface area contributed by atoms with E-state index < -0.39 is 10.9 Å². The molecule has 0 saturated heterocycles. The summed E-state index contributed by atoms with van der Waals surface area (Å²) in [6.45, 7) is 1.94. The van der Waals surface area contributed by atoms with Gasteiger partial charge in [0, 0.05) is 33.8 Å². The molecular formula is C18H13Cl2N3O4. The summed E-state index contributed by atoms with van der Waals surface area (Å²) in [4.78, 5) is 22.7. The Bertz CT molecular complexity index is 1030. The maximum absolute atomic E-state index is 12.3. The summed E-state index contributed by atoms with van der Waals surface area (Å²) < 4.78 is 5.10. The number of carbonyl (C=O) groups is 1. The first-order chi connectivity index (χ1) is 12.9. The highest BCUT2D eigenvalue weighted by atomic mass is 35.5. The molecule has 3 rings (SSSR count). The number of carbonyl (C=O) groups excluding carboxylic acids is 1. The van der Waals surface area contributed by atoms with Gasteiger partial charge in [-0.3, -0.25) is 15.2 Å². The van der Waals surface area contributed by atoms with E-state index in [0.29, 0.717) is 33.0 Å². The van der Waals surface area contributed by atoms with Crippen LogP contribution in [0.25, 0.3) is 22.4 Å². The highest BCUT2D eigenvalue weighted by molar-refractivity contribution is 6.34. The first-order valence-corrected chi connectivity index (χ1v) is 8.62. The van der Waals surface area contributed by atoms with Crippen molar-refractivity contribution in [2.24, 2.45) is 0 Å². The van der Waals surface area contributed by atoms with Crippen molar-refractivity contribution in [3.63, 3.8) is 0 Å². The summed E-state index contributed by atoms with van der Waals surface area (Å²) in [7, 11) is 0. The molecule has 0 aliphatic carbocycles. The molecule has 0 unspecified atom stereocenters. The average molecular weight is 406 g/mol. The number of hydrogen-bond acceptors (Lipinski definition) is 5. The third-order valence-electron chi connectivity index (χ3n) is 3.84. The monoisotopic (exact) mass is 405 g/mol. The van der Waals surface area contributed by atoms with Gasteiger partial charge in [-0.1, -0.05) is 23.2 Å². The van der Waals surface area contributed by atoms with E-state index >= 15 is 0 Å². The van der Waals surface area contributed by atoms with E-state index in [0.717, 1.165) is 0 Å². The van der Waals surface area contributed by atoms with Crippen molar-refractivity contribution in [1.29, 1.82) is 0 Å². The van der Waals surface area contributed by atoms with E-state index in [2.05, 4.69) is 10.2 Å². The molecule has 0 fully saturated rings. The smallest absolute Gasteiger partial charge is 0.338 e. The minimum absolute atomic E-state index is 0.122. The Hall–Kier alpha value is -2.90. The molecule has 3 aromatic rings. The lowest BCUT2D eigenvalue weighted by Gasteiger charge is -2.11. The molecule has 0 saturated carbocycles. The second-order valence-electron chi connectivity index (χ2n) is 5.49. The molecule has 2 aromatic carbocycles. The van der Waals surface area contributed by atoms with Crippen LogP contribution < -0.4 is 0 Å². The molecule has 0 bridgehead atoms. The van der Waals surface area contributed by atoms with Crippen molar-refractivity contribution in [1.82, 2.24) is 10.2 Å². The minimum atomic E-state index is -0.526. The molecular weight excluding hydrogens is 393 g/mol. The van der Waals surface area contributed by atoms with Crippen LogP contribution in [0.5, 0.6) is 0 Å². The van der Waals surface area contributed by atoms with Gasteiger partial charge >= 0.3 is 5.97 Å². The minimum Gasteiger partial charge on any atom is -0.462 e. The van der Waals surface area contributed by atoms with Crippen LogP contribution in [0.1, 0.15) is 17.3 Å². The fourth-order valence-electron chi connectivity index (χ4n) is 2.64. The van der Waals surface area contributed by atoms with Gasteiger partial charge in [0.15, 0.2) is 0 Å². The lowest BCUT2D eigenvalue weighted by molar-refractivity contribution is -0.384. The van der Waals surface area contributed by atoms with Crippen LogP contribution in [-0.2, 0) is 4.74 Å². The van der Waals surface area contributed by atoms with Gasteiger partial charge in [-0.05, 0) is 31.2 Å². The van der Waals surface area contributed by atoms with E-state index in [9.17, 15) is 14.9 Å². The van der Waals surface area contributed by atoms with Crippen molar-refractivity contribution in [2.75, 3.05) is 6.61 Å². The van der Waals surface area contributed by atoms with E-state index in [1.807, 2.05) is 0 Å². The number of nitrogens with zero attached hydrogens (tertiary/aromatic N) is 2. The number of nitro groups is 1. The predicted molar refractivity (Wildman–Crippen MR) is 102 cm³/mol. The van der Waals surface area contributed by atoms with Crippen molar-refractivity contribution < 1.29 is 14.5 Å². The number of aromatic nitrogens is 2. The number of aromatic amines is 1. The maximum atomic E-state index is 12.3. The Labute approximate surface area is 164 Å². The van der Waals surface area contributed by atoms with Crippen LogP contribution in [0, 0.1) is 10.1 Å². The van der Waals surface area contributed by atoms with Crippen molar-refractivity contribution in [3.05, 3.63) is 68.3 Å². The highest BCUT2D eigenvalue weighted by Crippen LogP contribution is 2.38. The van der Waals surface area contributed by atoms with E-state index in [4.69, 9.17) is 27.9 Å². The van der Waals surface area contributed by atoms with Crippen LogP contribution in [0.4, 0.5) is 5.69 Å². The standard InChI is InChI=1S/C18H13Cl2N3O4/c1-2-27-18(24)13-5-3-10(19)7-14(13)17-15(9-21-22-17)12-6-4-11(23(25)26)8-16(12)20/h3-9H,2H2,1H3,(H,21,22). The second kappa shape index (κ2) is 7.77. The van der Waals surface area contributed by atoms with Crippen molar-refractivity contribution in [2.45, 2.75) is 6.92 Å². The summed E-state index contributed by atoms with van der Waals surface area (Å²) in [5.74, 6) is -0.500. The Morgan fingerprint density at radius 3 is 2.63 bits per heavy atom. The molecule has 1 N–H and O–H groups in total. The summed E-state index contributed by atoms with van der Waals surface area (Å²) in [6.07, 6.45) is 1.53. The van der Waals surface area contributed by atoms with Gasteiger partial charge in [0.2, 0.25) is 0 Å². The van der Waals surface area contributed by atoms with Crippen molar-refractivity contribution in [3.8, 4) is 22.4 Å². The molecule has 138 valence electrons. The largest absolute Gasteiger partial charge is 0.462 e. The molecule has 7 nitrogen and oxygen atoms in total. The number of rotatable bonds is 5. The topological polar surface area (TPSA) is 98.1 Å². The number of ether oxygens (including phenoxy) is 1. The zero-order valence-corrected chi connectivity index (χ0v) is 15.5. The van der Waals surface area contributed by atoms with Crippen LogP contribution in [0.3, 0.4) is 0 Å². The van der Waals surface area contributed by atoms with Gasteiger partial charge in [0.25, 0.3) is 5.69 Å². The Morgan fingerprint density at radius 2 is 1.96 bits per heavy atom. The lowest BCUT2D eigenvalue weighted by atomic mass is 9.98. The van der Waals surface area contributed by atoms with Crippen LogP contribution in [0.15, 0.2) is 42.6 Å². The number of H-pyrrole nitrogens is 1. The van der Waals surface area contributed by atoms with E-state index in [1.54, 1.807) is 25.1 Å². The third kappa shape index (κ3) is 3.79. The van der Waals surface area contributed by atoms with Gasteiger partial charge in [-0.15, -0.1) is 0 Å². The predicted octanol–water partition coefficient (Wildman–Crippen LogP) is 5.14. The number of benzene rings is 2. The van der Waals surface area contributed by atoms with Crippen LogP contribution in [0.2, 0.25) is 10.0 Å². The fourth-order valence-corrected chi connectivity index (χ4v) is 3.09. The highest BCUT2D eigenvalue weighted by Gasteiger charge is 2.21. The molecule has 0 radical (unpaired) electrons. The molecule has 0 aliphatic heterocycles. The average Bonchev–Trinajstić information content (AvgIpc) is 3.10. The molecule has 0 spiro atoms. The Kier molecular flexibility index (Phi) is 5.43. The normalized spacial score (nSPS) is 10.6. The zero-order chi connectivity index (χ0) is 19.6. The zero-order valence-electron chi connectivity index (χ0n) is 14.0. The van der Waals surface area contributed by atoms with E-state index in [-0.39, 0.29) is 17.3 Å². The number of nitro benzene ring substituents is 1. The summed E-state index contributed by atoms with van der Waals surface area (Å²) in [6, 6.07) is 8.91. The second-order valence-corrected chi connectivity index (χ2v) is 6.33. The maximum Gasteiger partial charge on any atom is 0.338 e. The number of nitrogens with one attached hydrogen (secondary N) is 1. The first kappa shape index (κ1) is 18.9. The molecule has 1 aromatic heterocycles. The SMILES string of the molecule is CCOC(=O)c1ccc(Cl)cc1-c1[nH]ncc1-c1ccc([N+](=O)[O-])cc1Cl. The van der Waals surface area contributed by atoms with Gasteiger partial charge in [0.1, 0.15) is 0 Å². The molecule has 1 heterocycles. The summed E-state index contributed by atoms with van der Waals surface area (Å²) >= 11 is 12.4. The Morgan fingerprint density at radius 1 is 1.19 bits per heavy atom. The van der Waals surface area contributed by atoms with E-state index in [1.165, 1.54) is 24.4 Å². The quantitative estimate of drug-likeness (QED) is 0.360. The number of hydrogen-bond donors (Lipinski definition) is 1. The lowest BCUT2D eigenvalue weighted by Crippen LogP contribution is -2.06.